The first kappa shape index (κ1) is 21.1. The number of unbranched alkanes of at least 4 members (excludes halogenated alkanes) is 2. The van der Waals surface area contributed by atoms with Gasteiger partial charge in [-0.1, -0.05) is 40.5 Å². The van der Waals surface area contributed by atoms with Crippen LogP contribution in [0.15, 0.2) is 0 Å². The lowest BCUT2D eigenvalue weighted by atomic mass is 9.79. The van der Waals surface area contributed by atoms with Gasteiger partial charge < -0.3 is 4.74 Å². The molecule has 148 valence electrons. The Bertz CT molecular complexity index is 587. The fourth-order valence-corrected chi connectivity index (χ4v) is 6.04. The fourth-order valence-electron chi connectivity index (χ4n) is 3.45. The van der Waals surface area contributed by atoms with E-state index in [1.165, 1.54) is 0 Å². The van der Waals surface area contributed by atoms with Gasteiger partial charge in [0.05, 0.1) is 23.7 Å². The van der Waals surface area contributed by atoms with Crippen LogP contribution in [0.4, 0.5) is 0 Å². The first-order chi connectivity index (χ1) is 11.6. The monoisotopic (exact) mass is 398 g/mol. The molecule has 0 N–H and O–H groups in total. The maximum Gasteiger partial charge on any atom is 0.267 e. The van der Waals surface area contributed by atoms with E-state index in [1.807, 2.05) is 27.7 Å². The predicted molar refractivity (Wildman–Crippen MR) is 94.1 cm³/mol. The molecule has 0 aromatic rings. The largest absolute Gasteiger partial charge is 0.369 e. The number of ether oxygens (including phenoxy) is 1. The van der Waals surface area contributed by atoms with Crippen molar-refractivity contribution in [3.63, 3.8) is 0 Å². The van der Waals surface area contributed by atoms with Crippen molar-refractivity contribution in [2.45, 2.75) is 77.8 Å². The van der Waals surface area contributed by atoms with Gasteiger partial charge in [0, 0.05) is 0 Å². The summed E-state index contributed by atoms with van der Waals surface area (Å²) in [6, 6.07) is 0. The van der Waals surface area contributed by atoms with Crippen LogP contribution in [0.3, 0.4) is 0 Å². The van der Waals surface area contributed by atoms with Crippen LogP contribution in [0, 0.1) is 11.8 Å². The van der Waals surface area contributed by atoms with Crippen molar-refractivity contribution in [1.29, 1.82) is 0 Å². The highest BCUT2D eigenvalue weighted by Crippen LogP contribution is 2.46. The summed E-state index contributed by atoms with van der Waals surface area (Å²) < 4.78 is 65.4. The van der Waals surface area contributed by atoms with E-state index >= 15 is 0 Å². The molecule has 0 saturated carbocycles. The van der Waals surface area contributed by atoms with E-state index in [9.17, 15) is 16.8 Å². The average Bonchev–Trinajstić information content (AvgIpc) is 3.00. The van der Waals surface area contributed by atoms with Crippen LogP contribution in [-0.2, 0) is 33.3 Å². The molecule has 6 atom stereocenters. The Labute approximate surface area is 151 Å². The van der Waals surface area contributed by atoms with Gasteiger partial charge in [0.1, 0.15) is 12.2 Å². The molecule has 9 heteroatoms. The standard InChI is InChI=1S/C16H30O7S2/c1-5-7-9-24(17,18)22-15-13-11(3)12(4)14(21-13)16(15)23-25(19,20)10-8-6-2/h11-16H,5-10H2,1-4H3. The van der Waals surface area contributed by atoms with Crippen LogP contribution >= 0.6 is 0 Å². The van der Waals surface area contributed by atoms with Gasteiger partial charge in [-0.2, -0.15) is 16.8 Å². The topological polar surface area (TPSA) is 96.0 Å². The summed E-state index contributed by atoms with van der Waals surface area (Å²) in [5.41, 5.74) is 0. The molecule has 0 aromatic heterocycles. The summed E-state index contributed by atoms with van der Waals surface area (Å²) in [5, 5.41) is 0. The van der Waals surface area contributed by atoms with Crippen LogP contribution in [0.2, 0.25) is 0 Å². The number of fused-ring (bicyclic) bond motifs is 2. The van der Waals surface area contributed by atoms with E-state index in [-0.39, 0.29) is 23.3 Å². The fraction of sp³-hybridized carbons (Fsp3) is 1.00. The molecule has 2 saturated heterocycles. The maximum absolute atomic E-state index is 12.2. The minimum atomic E-state index is -3.75. The summed E-state index contributed by atoms with van der Waals surface area (Å²) in [7, 11) is -7.50. The highest BCUT2D eigenvalue weighted by Gasteiger charge is 2.60. The summed E-state index contributed by atoms with van der Waals surface area (Å²) in [4.78, 5) is 0. The second kappa shape index (κ2) is 8.21. The van der Waals surface area contributed by atoms with E-state index in [4.69, 9.17) is 13.1 Å². The van der Waals surface area contributed by atoms with E-state index in [0.29, 0.717) is 12.8 Å². The van der Waals surface area contributed by atoms with Crippen molar-refractivity contribution in [2.75, 3.05) is 11.5 Å². The first-order valence-corrected chi connectivity index (χ1v) is 12.2. The molecule has 0 amide bonds. The van der Waals surface area contributed by atoms with Crippen molar-refractivity contribution in [2.24, 2.45) is 11.8 Å². The lowest BCUT2D eigenvalue weighted by Gasteiger charge is -2.33. The number of hydrogen-bond acceptors (Lipinski definition) is 7. The average molecular weight is 399 g/mol. The van der Waals surface area contributed by atoms with Gasteiger partial charge in [0.2, 0.25) is 0 Å². The normalized spacial score (nSPS) is 35.4. The smallest absolute Gasteiger partial charge is 0.267 e. The first-order valence-electron chi connectivity index (χ1n) is 9.09. The minimum Gasteiger partial charge on any atom is -0.369 e. The molecule has 0 radical (unpaired) electrons. The Kier molecular flexibility index (Phi) is 6.92. The second-order valence-electron chi connectivity index (χ2n) is 7.14. The molecular weight excluding hydrogens is 368 g/mol. The van der Waals surface area contributed by atoms with Crippen LogP contribution in [-0.4, -0.2) is 52.8 Å². The van der Waals surface area contributed by atoms with Gasteiger partial charge in [-0.3, -0.25) is 8.37 Å². The molecule has 25 heavy (non-hydrogen) atoms. The molecule has 2 aliphatic heterocycles. The van der Waals surface area contributed by atoms with Gasteiger partial charge in [-0.05, 0) is 24.7 Å². The third kappa shape index (κ3) is 4.94. The molecule has 2 rings (SSSR count). The van der Waals surface area contributed by atoms with Crippen molar-refractivity contribution in [3.8, 4) is 0 Å². The van der Waals surface area contributed by atoms with Gasteiger partial charge >= 0.3 is 0 Å². The molecule has 0 aromatic carbocycles. The highest BCUT2D eigenvalue weighted by atomic mass is 32.2. The number of rotatable bonds is 10. The van der Waals surface area contributed by atoms with Crippen molar-refractivity contribution < 1.29 is 29.9 Å². The van der Waals surface area contributed by atoms with Gasteiger partial charge in [-0.15, -0.1) is 0 Å². The molecule has 2 heterocycles. The Morgan fingerprint density at radius 3 is 1.44 bits per heavy atom. The lowest BCUT2D eigenvalue weighted by Crippen LogP contribution is -2.49. The Morgan fingerprint density at radius 1 is 0.760 bits per heavy atom. The third-order valence-electron chi connectivity index (χ3n) is 5.16. The zero-order valence-corrected chi connectivity index (χ0v) is 17.0. The molecule has 2 bridgehead atoms. The van der Waals surface area contributed by atoms with Gasteiger partial charge in [0.15, 0.2) is 0 Å². The van der Waals surface area contributed by atoms with Crippen LogP contribution in [0.1, 0.15) is 53.4 Å². The lowest BCUT2D eigenvalue weighted by molar-refractivity contribution is 0.0213. The minimum absolute atomic E-state index is 0.0783. The Hall–Kier alpha value is -0.220. The summed E-state index contributed by atoms with van der Waals surface area (Å²) in [6.07, 6.45) is -0.301. The van der Waals surface area contributed by atoms with Crippen molar-refractivity contribution in [1.82, 2.24) is 0 Å². The summed E-state index contributed by atoms with van der Waals surface area (Å²) >= 11 is 0. The van der Waals surface area contributed by atoms with Crippen LogP contribution in [0.5, 0.6) is 0 Å². The molecule has 7 nitrogen and oxygen atoms in total. The zero-order valence-electron chi connectivity index (χ0n) is 15.4. The van der Waals surface area contributed by atoms with Gasteiger partial charge in [-0.25, -0.2) is 0 Å². The quantitative estimate of drug-likeness (QED) is 0.520. The predicted octanol–water partition coefficient (Wildman–Crippen LogP) is 2.07. The molecular formula is C16H30O7S2. The highest BCUT2D eigenvalue weighted by molar-refractivity contribution is 7.87. The number of hydrogen-bond donors (Lipinski definition) is 0. The van der Waals surface area contributed by atoms with E-state index in [0.717, 1.165) is 12.8 Å². The molecule has 0 spiro atoms. The molecule has 2 aliphatic rings. The Morgan fingerprint density at radius 2 is 1.12 bits per heavy atom. The molecule has 6 unspecified atom stereocenters. The summed E-state index contributed by atoms with van der Waals surface area (Å²) in [5.74, 6) is -0.0167. The second-order valence-corrected chi connectivity index (χ2v) is 10.6. The summed E-state index contributed by atoms with van der Waals surface area (Å²) in [6.45, 7) is 7.72. The molecule has 0 aliphatic carbocycles. The van der Waals surface area contributed by atoms with Crippen molar-refractivity contribution >= 4 is 20.2 Å². The van der Waals surface area contributed by atoms with E-state index in [2.05, 4.69) is 0 Å². The van der Waals surface area contributed by atoms with Crippen LogP contribution < -0.4 is 0 Å². The zero-order chi connectivity index (χ0) is 18.8. The molecule has 2 fully saturated rings. The third-order valence-corrected chi connectivity index (χ3v) is 7.77. The van der Waals surface area contributed by atoms with Gasteiger partial charge in [0.25, 0.3) is 20.2 Å². The maximum atomic E-state index is 12.2. The van der Waals surface area contributed by atoms with Crippen molar-refractivity contribution in [3.05, 3.63) is 0 Å². The van der Waals surface area contributed by atoms with E-state index < -0.39 is 44.7 Å². The van der Waals surface area contributed by atoms with E-state index in [1.54, 1.807) is 0 Å². The van der Waals surface area contributed by atoms with Crippen LogP contribution in [0.25, 0.3) is 0 Å². The SMILES string of the molecule is CCCCS(=O)(=O)OC1C2OC(C(C)C2C)C1OS(=O)(=O)CCCC. The Balaban J connectivity index is 2.17.